The number of hydrogen-bond acceptors (Lipinski definition) is 3. The van der Waals surface area contributed by atoms with Gasteiger partial charge in [-0.15, -0.1) is 0 Å². The number of benzene rings is 1. The molecule has 2 aromatic rings. The lowest BCUT2D eigenvalue weighted by Crippen LogP contribution is -2.39. The maximum Gasteiger partial charge on any atom is 0.322 e. The highest BCUT2D eigenvalue weighted by Crippen LogP contribution is 2.18. The summed E-state index contributed by atoms with van der Waals surface area (Å²) in [6.07, 6.45) is 4.12. The van der Waals surface area contributed by atoms with Gasteiger partial charge >= 0.3 is 6.03 Å². The molecule has 1 aliphatic rings. The van der Waals surface area contributed by atoms with Gasteiger partial charge in [0, 0.05) is 30.4 Å². The van der Waals surface area contributed by atoms with Crippen LogP contribution in [0, 0.1) is 13.8 Å². The third-order valence-electron chi connectivity index (χ3n) is 3.91. The Bertz CT molecular complexity index is 684. The molecule has 0 saturated carbocycles. The van der Waals surface area contributed by atoms with Crippen LogP contribution in [-0.4, -0.2) is 27.4 Å². The zero-order valence-corrected chi connectivity index (χ0v) is 12.3. The molecular formula is C16H18N4O. The van der Waals surface area contributed by atoms with Gasteiger partial charge in [0.05, 0.1) is 12.2 Å². The number of fused-ring (bicyclic) bond motifs is 1. The van der Waals surface area contributed by atoms with E-state index in [2.05, 4.69) is 22.2 Å². The molecule has 1 aromatic heterocycles. The Balaban J connectivity index is 1.70. The number of amides is 2. The van der Waals surface area contributed by atoms with Crippen LogP contribution in [0.2, 0.25) is 0 Å². The molecule has 0 radical (unpaired) electrons. The topological polar surface area (TPSA) is 58.1 Å². The molecule has 0 unspecified atom stereocenters. The van der Waals surface area contributed by atoms with Crippen molar-refractivity contribution in [1.29, 1.82) is 0 Å². The van der Waals surface area contributed by atoms with Gasteiger partial charge in [-0.3, -0.25) is 0 Å². The summed E-state index contributed by atoms with van der Waals surface area (Å²) in [6.45, 7) is 5.34. The van der Waals surface area contributed by atoms with Crippen LogP contribution < -0.4 is 5.32 Å². The number of urea groups is 1. The molecule has 1 aromatic carbocycles. The molecule has 1 aliphatic heterocycles. The first-order valence-electron chi connectivity index (χ1n) is 7.04. The van der Waals surface area contributed by atoms with Gasteiger partial charge in [-0.05, 0) is 37.1 Å². The van der Waals surface area contributed by atoms with Crippen LogP contribution in [0.15, 0.2) is 30.7 Å². The first-order chi connectivity index (χ1) is 10.1. The molecule has 3 rings (SSSR count). The highest BCUT2D eigenvalue weighted by atomic mass is 16.2. The van der Waals surface area contributed by atoms with Crippen molar-refractivity contribution in [2.75, 3.05) is 11.9 Å². The average molecular weight is 282 g/mol. The number of nitrogens with zero attached hydrogens (tertiary/aromatic N) is 3. The molecule has 2 heterocycles. The van der Waals surface area contributed by atoms with Crippen molar-refractivity contribution >= 4 is 11.7 Å². The van der Waals surface area contributed by atoms with Crippen LogP contribution in [-0.2, 0) is 13.0 Å². The molecule has 0 aliphatic carbocycles. The minimum Gasteiger partial charge on any atom is -0.320 e. The van der Waals surface area contributed by atoms with Gasteiger partial charge in [0.1, 0.15) is 6.33 Å². The zero-order chi connectivity index (χ0) is 14.8. The molecule has 0 bridgehead atoms. The first-order valence-corrected chi connectivity index (χ1v) is 7.04. The van der Waals surface area contributed by atoms with Gasteiger partial charge in [-0.25, -0.2) is 14.8 Å². The van der Waals surface area contributed by atoms with Gasteiger partial charge in [-0.1, -0.05) is 6.07 Å². The van der Waals surface area contributed by atoms with Crippen LogP contribution in [0.5, 0.6) is 0 Å². The summed E-state index contributed by atoms with van der Waals surface area (Å²) < 4.78 is 0. The SMILES string of the molecule is Cc1ccc(NC(=O)N2CCc3ncncc3C2)cc1C. The minimum absolute atomic E-state index is 0.0762. The highest BCUT2D eigenvalue weighted by Gasteiger charge is 2.21. The Morgan fingerprint density at radius 3 is 2.95 bits per heavy atom. The lowest BCUT2D eigenvalue weighted by Gasteiger charge is -2.28. The van der Waals surface area contributed by atoms with E-state index >= 15 is 0 Å². The fourth-order valence-electron chi connectivity index (χ4n) is 2.46. The van der Waals surface area contributed by atoms with Crippen LogP contribution >= 0.6 is 0 Å². The third-order valence-corrected chi connectivity index (χ3v) is 3.91. The number of rotatable bonds is 1. The van der Waals surface area contributed by atoms with Crippen LogP contribution in [0.3, 0.4) is 0 Å². The third kappa shape index (κ3) is 2.86. The largest absolute Gasteiger partial charge is 0.322 e. The van der Waals surface area contributed by atoms with Crippen molar-refractivity contribution in [1.82, 2.24) is 14.9 Å². The number of carbonyl (C=O) groups excluding carboxylic acids is 1. The van der Waals surface area contributed by atoms with E-state index in [1.54, 1.807) is 17.4 Å². The second kappa shape index (κ2) is 5.52. The standard InChI is InChI=1S/C16H18N4O/c1-11-3-4-14(7-12(11)2)19-16(21)20-6-5-15-13(9-20)8-17-10-18-15/h3-4,7-8,10H,5-6,9H2,1-2H3,(H,19,21). The normalized spacial score (nSPS) is 13.7. The summed E-state index contributed by atoms with van der Waals surface area (Å²) in [4.78, 5) is 22.4. The Hall–Kier alpha value is -2.43. The minimum atomic E-state index is -0.0762. The summed E-state index contributed by atoms with van der Waals surface area (Å²) >= 11 is 0. The maximum absolute atomic E-state index is 12.3. The zero-order valence-electron chi connectivity index (χ0n) is 12.3. The average Bonchev–Trinajstić information content (AvgIpc) is 2.50. The van der Waals surface area contributed by atoms with Crippen molar-refractivity contribution in [2.45, 2.75) is 26.8 Å². The molecule has 2 amide bonds. The van der Waals surface area contributed by atoms with Gasteiger partial charge in [0.2, 0.25) is 0 Å². The number of aromatic nitrogens is 2. The number of nitrogens with one attached hydrogen (secondary N) is 1. The molecule has 1 N–H and O–H groups in total. The Labute approximate surface area is 124 Å². The second-order valence-electron chi connectivity index (χ2n) is 5.40. The van der Waals surface area contributed by atoms with Crippen molar-refractivity contribution in [2.24, 2.45) is 0 Å². The van der Waals surface area contributed by atoms with Crippen molar-refractivity contribution in [3.05, 3.63) is 53.1 Å². The van der Waals surface area contributed by atoms with Crippen molar-refractivity contribution in [3.8, 4) is 0 Å². The maximum atomic E-state index is 12.3. The second-order valence-corrected chi connectivity index (χ2v) is 5.40. The quantitative estimate of drug-likeness (QED) is 0.875. The van der Waals surface area contributed by atoms with Crippen molar-refractivity contribution in [3.63, 3.8) is 0 Å². The van der Waals surface area contributed by atoms with E-state index in [9.17, 15) is 4.79 Å². The fraction of sp³-hybridized carbons (Fsp3) is 0.312. The van der Waals surface area contributed by atoms with E-state index in [-0.39, 0.29) is 6.03 Å². The Morgan fingerprint density at radius 1 is 1.29 bits per heavy atom. The smallest absolute Gasteiger partial charge is 0.320 e. The van der Waals surface area contributed by atoms with Gasteiger partial charge in [-0.2, -0.15) is 0 Å². The molecule has 21 heavy (non-hydrogen) atoms. The van der Waals surface area contributed by atoms with E-state index < -0.39 is 0 Å². The van der Waals surface area contributed by atoms with E-state index in [1.165, 1.54) is 11.1 Å². The highest BCUT2D eigenvalue weighted by molar-refractivity contribution is 5.89. The van der Waals surface area contributed by atoms with E-state index in [1.807, 2.05) is 25.1 Å². The summed E-state index contributed by atoms with van der Waals surface area (Å²) in [5.74, 6) is 0. The van der Waals surface area contributed by atoms with E-state index in [0.717, 1.165) is 23.4 Å². The summed E-state index contributed by atoms with van der Waals surface area (Å²) in [5, 5.41) is 2.96. The van der Waals surface area contributed by atoms with Crippen LogP contribution in [0.1, 0.15) is 22.4 Å². The number of anilines is 1. The van der Waals surface area contributed by atoms with Crippen LogP contribution in [0.25, 0.3) is 0 Å². The molecule has 5 nitrogen and oxygen atoms in total. The van der Waals surface area contributed by atoms with E-state index in [4.69, 9.17) is 0 Å². The predicted molar refractivity (Wildman–Crippen MR) is 81.1 cm³/mol. The molecule has 108 valence electrons. The molecule has 0 fully saturated rings. The Morgan fingerprint density at radius 2 is 2.14 bits per heavy atom. The summed E-state index contributed by atoms with van der Waals surface area (Å²) in [6, 6.07) is 5.87. The first kappa shape index (κ1) is 13.5. The van der Waals surface area contributed by atoms with Gasteiger partial charge < -0.3 is 10.2 Å². The molecule has 0 saturated heterocycles. The molecule has 5 heteroatoms. The predicted octanol–water partition coefficient (Wildman–Crippen LogP) is 2.68. The van der Waals surface area contributed by atoms with Crippen LogP contribution in [0.4, 0.5) is 10.5 Å². The molecular weight excluding hydrogens is 264 g/mol. The van der Waals surface area contributed by atoms with Crippen molar-refractivity contribution < 1.29 is 4.79 Å². The summed E-state index contributed by atoms with van der Waals surface area (Å²) in [5.41, 5.74) is 5.29. The monoisotopic (exact) mass is 282 g/mol. The Kier molecular flexibility index (Phi) is 3.56. The lowest BCUT2D eigenvalue weighted by atomic mass is 10.1. The number of aryl methyl sites for hydroxylation is 2. The number of hydrogen-bond donors (Lipinski definition) is 1. The molecule has 0 atom stereocenters. The van der Waals surface area contributed by atoms with E-state index in [0.29, 0.717) is 13.1 Å². The fourth-order valence-corrected chi connectivity index (χ4v) is 2.46. The summed E-state index contributed by atoms with van der Waals surface area (Å²) in [7, 11) is 0. The van der Waals surface area contributed by atoms with Gasteiger partial charge in [0.25, 0.3) is 0 Å². The lowest BCUT2D eigenvalue weighted by molar-refractivity contribution is 0.206. The number of carbonyl (C=O) groups is 1. The molecule has 0 spiro atoms. The van der Waals surface area contributed by atoms with Gasteiger partial charge in [0.15, 0.2) is 0 Å².